The van der Waals surface area contributed by atoms with Gasteiger partial charge in [-0.15, -0.1) is 0 Å². The van der Waals surface area contributed by atoms with Crippen LogP contribution in [0, 0.1) is 15.3 Å². The van der Waals surface area contributed by atoms with Gasteiger partial charge in [0, 0.05) is 9.49 Å². The third-order valence-corrected chi connectivity index (χ3v) is 4.69. The van der Waals surface area contributed by atoms with Crippen LogP contribution in [0.4, 0.5) is 4.39 Å². The van der Waals surface area contributed by atoms with Crippen LogP contribution in [-0.4, -0.2) is 16.0 Å². The van der Waals surface area contributed by atoms with Gasteiger partial charge in [-0.25, -0.2) is 4.39 Å². The normalized spacial score (nSPS) is 15.7. The van der Waals surface area contributed by atoms with E-state index >= 15 is 0 Å². The number of benzene rings is 1. The third-order valence-electron chi connectivity index (χ3n) is 3.80. The first-order chi connectivity index (χ1) is 11.0. The van der Waals surface area contributed by atoms with Crippen LogP contribution in [0.15, 0.2) is 22.7 Å². The van der Waals surface area contributed by atoms with Crippen LogP contribution in [0.3, 0.4) is 0 Å². The number of hydrogen-bond donors (Lipinski definition) is 1. The second-order valence-corrected chi connectivity index (χ2v) is 7.25. The topological polar surface area (TPSA) is 68.0 Å². The molecule has 0 bridgehead atoms. The molecule has 1 aliphatic rings. The first kappa shape index (κ1) is 16.4. The van der Waals surface area contributed by atoms with Crippen molar-refractivity contribution in [2.24, 2.45) is 5.92 Å². The Bertz CT molecular complexity index is 728. The predicted octanol–water partition coefficient (Wildman–Crippen LogP) is 3.82. The van der Waals surface area contributed by atoms with Crippen LogP contribution in [0.2, 0.25) is 0 Å². The Morgan fingerprint density at radius 2 is 2.17 bits per heavy atom. The number of halogens is 2. The van der Waals surface area contributed by atoms with Crippen LogP contribution in [0.5, 0.6) is 0 Å². The molecule has 1 N–H and O–H groups in total. The molecule has 0 spiro atoms. The number of carbonyl (C=O) groups excluding carboxylic acids is 1. The Hall–Kier alpha value is -1.51. The summed E-state index contributed by atoms with van der Waals surface area (Å²) in [6.07, 6.45) is 2.18. The fraction of sp³-hybridized carbons (Fsp3) is 0.438. The van der Waals surface area contributed by atoms with E-state index < -0.39 is 0 Å². The number of hydrogen-bond acceptors (Lipinski definition) is 4. The smallest absolute Gasteiger partial charge is 0.253 e. The van der Waals surface area contributed by atoms with Crippen LogP contribution >= 0.6 is 22.6 Å². The minimum absolute atomic E-state index is 0.0876. The maximum absolute atomic E-state index is 13.2. The summed E-state index contributed by atoms with van der Waals surface area (Å²) in [7, 11) is 0. The summed E-state index contributed by atoms with van der Waals surface area (Å²) in [6.45, 7) is 3.95. The van der Waals surface area contributed by atoms with E-state index in [0.29, 0.717) is 20.9 Å². The zero-order valence-electron chi connectivity index (χ0n) is 12.8. The van der Waals surface area contributed by atoms with Gasteiger partial charge in [-0.05, 0) is 59.5 Å². The average Bonchev–Trinajstić information content (AvgIpc) is 3.22. The highest BCUT2D eigenvalue weighted by Crippen LogP contribution is 2.38. The van der Waals surface area contributed by atoms with Gasteiger partial charge in [0.2, 0.25) is 5.89 Å². The van der Waals surface area contributed by atoms with Crippen molar-refractivity contribution in [1.29, 1.82) is 0 Å². The molecule has 2 aromatic rings. The van der Waals surface area contributed by atoms with E-state index in [9.17, 15) is 9.18 Å². The number of aromatic nitrogens is 2. The Labute approximate surface area is 147 Å². The van der Waals surface area contributed by atoms with Crippen molar-refractivity contribution in [2.45, 2.75) is 38.6 Å². The van der Waals surface area contributed by atoms with Gasteiger partial charge in [-0.3, -0.25) is 4.79 Å². The molecule has 7 heteroatoms. The van der Waals surface area contributed by atoms with E-state index in [4.69, 9.17) is 4.52 Å². The molecule has 1 atom stereocenters. The predicted molar refractivity (Wildman–Crippen MR) is 90.4 cm³/mol. The highest BCUT2D eigenvalue weighted by molar-refractivity contribution is 14.1. The molecule has 3 rings (SSSR count). The van der Waals surface area contributed by atoms with Crippen molar-refractivity contribution in [2.75, 3.05) is 0 Å². The lowest BCUT2D eigenvalue weighted by molar-refractivity contribution is 0.0913. The second-order valence-electron chi connectivity index (χ2n) is 6.08. The maximum Gasteiger partial charge on any atom is 0.253 e. The first-order valence-electron chi connectivity index (χ1n) is 7.55. The molecule has 0 saturated heterocycles. The summed E-state index contributed by atoms with van der Waals surface area (Å²) in [6, 6.07) is 3.72. The summed E-state index contributed by atoms with van der Waals surface area (Å²) in [5, 5.41) is 6.92. The zero-order valence-corrected chi connectivity index (χ0v) is 15.0. The number of rotatable bonds is 5. The molecular formula is C16H17FIN3O2. The lowest BCUT2D eigenvalue weighted by atomic mass is 10.0. The number of amides is 1. The molecule has 23 heavy (non-hydrogen) atoms. The Morgan fingerprint density at radius 3 is 2.78 bits per heavy atom. The molecule has 1 aliphatic carbocycles. The molecule has 1 fully saturated rings. The van der Waals surface area contributed by atoms with E-state index in [2.05, 4.69) is 15.5 Å². The van der Waals surface area contributed by atoms with Crippen molar-refractivity contribution >= 4 is 28.5 Å². The third kappa shape index (κ3) is 3.70. The maximum atomic E-state index is 13.2. The van der Waals surface area contributed by atoms with Crippen molar-refractivity contribution in [3.8, 4) is 0 Å². The minimum atomic E-state index is -0.372. The summed E-state index contributed by atoms with van der Waals surface area (Å²) in [4.78, 5) is 16.9. The van der Waals surface area contributed by atoms with Crippen molar-refractivity contribution < 1.29 is 13.7 Å². The fourth-order valence-electron chi connectivity index (χ4n) is 2.29. The molecule has 1 aromatic heterocycles. The van der Waals surface area contributed by atoms with E-state index in [1.54, 1.807) is 0 Å². The first-order valence-corrected chi connectivity index (χ1v) is 8.63. The lowest BCUT2D eigenvalue weighted by Gasteiger charge is -2.19. The molecular weight excluding hydrogens is 412 g/mol. The summed E-state index contributed by atoms with van der Waals surface area (Å²) < 4.78 is 19.1. The molecule has 122 valence electrons. The highest BCUT2D eigenvalue weighted by atomic mass is 127. The fourth-order valence-corrected chi connectivity index (χ4v) is 3.01. The average molecular weight is 429 g/mol. The Balaban J connectivity index is 1.79. The largest absolute Gasteiger partial charge is 0.340 e. The SMILES string of the molecule is CC(C)C(NC(=O)c1ccc(F)cc1I)c1nc(C2CC2)no1. The zero-order chi connectivity index (χ0) is 16.6. The number of nitrogens with zero attached hydrogens (tertiary/aromatic N) is 2. The summed E-state index contributed by atoms with van der Waals surface area (Å²) >= 11 is 1.95. The quantitative estimate of drug-likeness (QED) is 0.735. The molecule has 0 aliphatic heterocycles. The molecule has 1 amide bonds. The van der Waals surface area contributed by atoms with Gasteiger partial charge in [-0.1, -0.05) is 19.0 Å². The molecule has 1 unspecified atom stereocenters. The van der Waals surface area contributed by atoms with Crippen LogP contribution in [-0.2, 0) is 0 Å². The standard InChI is InChI=1S/C16H17FIN3O2/c1-8(2)13(16-20-14(21-23-16)9-3-4-9)19-15(22)11-6-5-10(17)7-12(11)18/h5-9,13H,3-4H2,1-2H3,(H,19,22). The van der Waals surface area contributed by atoms with Crippen molar-refractivity contribution in [3.05, 3.63) is 44.9 Å². The molecule has 1 saturated carbocycles. The lowest BCUT2D eigenvalue weighted by Crippen LogP contribution is -2.32. The summed E-state index contributed by atoms with van der Waals surface area (Å²) in [5.74, 6) is 0.985. The van der Waals surface area contributed by atoms with Crippen LogP contribution in [0.1, 0.15) is 60.7 Å². The van der Waals surface area contributed by atoms with Gasteiger partial charge in [0.05, 0.1) is 5.56 Å². The van der Waals surface area contributed by atoms with Gasteiger partial charge in [0.1, 0.15) is 11.9 Å². The Morgan fingerprint density at radius 1 is 1.43 bits per heavy atom. The minimum Gasteiger partial charge on any atom is -0.340 e. The molecule has 0 radical (unpaired) electrons. The van der Waals surface area contributed by atoms with Crippen molar-refractivity contribution in [3.63, 3.8) is 0 Å². The highest BCUT2D eigenvalue weighted by Gasteiger charge is 2.31. The molecule has 5 nitrogen and oxygen atoms in total. The van der Waals surface area contributed by atoms with Crippen molar-refractivity contribution in [1.82, 2.24) is 15.5 Å². The van der Waals surface area contributed by atoms with E-state index in [1.807, 2.05) is 36.4 Å². The molecule has 1 heterocycles. The molecule has 1 aromatic carbocycles. The van der Waals surface area contributed by atoms with E-state index in [0.717, 1.165) is 18.7 Å². The van der Waals surface area contributed by atoms with Crippen LogP contribution in [0.25, 0.3) is 0 Å². The van der Waals surface area contributed by atoms with Gasteiger partial charge in [0.15, 0.2) is 5.82 Å². The van der Waals surface area contributed by atoms with Gasteiger partial charge in [-0.2, -0.15) is 4.98 Å². The van der Waals surface area contributed by atoms with Gasteiger partial charge < -0.3 is 9.84 Å². The monoisotopic (exact) mass is 429 g/mol. The van der Waals surface area contributed by atoms with E-state index in [-0.39, 0.29) is 23.7 Å². The van der Waals surface area contributed by atoms with Gasteiger partial charge in [0.25, 0.3) is 5.91 Å². The second kappa shape index (κ2) is 6.54. The summed E-state index contributed by atoms with van der Waals surface area (Å²) in [5.41, 5.74) is 0.430. The Kier molecular flexibility index (Phi) is 4.65. The van der Waals surface area contributed by atoms with E-state index in [1.165, 1.54) is 18.2 Å². The van der Waals surface area contributed by atoms with Crippen LogP contribution < -0.4 is 5.32 Å². The number of nitrogens with one attached hydrogen (secondary N) is 1. The van der Waals surface area contributed by atoms with Gasteiger partial charge >= 0.3 is 0 Å². The number of carbonyl (C=O) groups is 1.